The molecule has 0 aliphatic heterocycles. The molecule has 0 amide bonds. The molecule has 0 spiro atoms. The van der Waals surface area contributed by atoms with Gasteiger partial charge in [-0.2, -0.15) is 0 Å². The summed E-state index contributed by atoms with van der Waals surface area (Å²) in [4.78, 5) is 10.1. The molecule has 0 saturated carbocycles. The number of aliphatic carboxylic acids is 1. The Labute approximate surface area is 73.0 Å². The maximum Gasteiger partial charge on any atom is 0.304 e. The van der Waals surface area contributed by atoms with E-state index in [1.807, 2.05) is 0 Å². The van der Waals surface area contributed by atoms with E-state index < -0.39 is 5.97 Å². The van der Waals surface area contributed by atoms with E-state index in [1.54, 1.807) is 7.05 Å². The zero-order valence-electron chi connectivity index (χ0n) is 6.47. The molecule has 0 radical (unpaired) electrons. The molecular weight excluding hydrogens is 180 g/mol. The molecule has 66 valence electrons. The van der Waals surface area contributed by atoms with Crippen molar-refractivity contribution >= 4 is 17.7 Å². The van der Waals surface area contributed by atoms with Crippen molar-refractivity contribution in [1.29, 1.82) is 0 Å². The van der Waals surface area contributed by atoms with Gasteiger partial charge >= 0.3 is 5.97 Å². The Hall–Kier alpha value is -1.11. The number of hydrogen-bond donors (Lipinski definition) is 1. The molecule has 0 aliphatic carbocycles. The van der Waals surface area contributed by atoms with Crippen molar-refractivity contribution in [3.05, 3.63) is 0 Å². The summed E-state index contributed by atoms with van der Waals surface area (Å²) in [5.41, 5.74) is 0. The van der Waals surface area contributed by atoms with Gasteiger partial charge in [0.05, 0.1) is 6.42 Å². The summed E-state index contributed by atoms with van der Waals surface area (Å²) in [6.45, 7) is 0. The van der Waals surface area contributed by atoms with Gasteiger partial charge in [-0.1, -0.05) is 11.8 Å². The fourth-order valence-electron chi connectivity index (χ4n) is 0.573. The fourth-order valence-corrected chi connectivity index (χ4v) is 1.35. The van der Waals surface area contributed by atoms with Crippen molar-refractivity contribution in [2.75, 3.05) is 5.75 Å². The van der Waals surface area contributed by atoms with Crippen LogP contribution in [-0.2, 0) is 11.8 Å². The summed E-state index contributed by atoms with van der Waals surface area (Å²) >= 11 is 1.33. The van der Waals surface area contributed by atoms with Crippen molar-refractivity contribution in [2.45, 2.75) is 11.6 Å². The Bertz CT molecular complexity index is 274. The number of carbonyl (C=O) groups is 1. The minimum Gasteiger partial charge on any atom is -0.481 e. The van der Waals surface area contributed by atoms with Crippen molar-refractivity contribution in [2.24, 2.45) is 7.05 Å². The zero-order chi connectivity index (χ0) is 8.97. The van der Waals surface area contributed by atoms with E-state index >= 15 is 0 Å². The Morgan fingerprint density at radius 1 is 1.75 bits per heavy atom. The lowest BCUT2D eigenvalue weighted by Crippen LogP contribution is -1.98. The number of carboxylic acid groups (broad SMARTS) is 1. The third-order valence-electron chi connectivity index (χ3n) is 1.13. The standard InChI is InChI=1S/C5H8N4O2S/c1-9-5(6-7-8-9)12-3-2-4(10)11/h2-3H2,1H3,(H,10,11). The van der Waals surface area contributed by atoms with Crippen LogP contribution in [0.1, 0.15) is 6.42 Å². The summed E-state index contributed by atoms with van der Waals surface area (Å²) in [6.07, 6.45) is 0.123. The normalized spacial score (nSPS) is 10.1. The molecule has 0 fully saturated rings. The Morgan fingerprint density at radius 2 is 2.50 bits per heavy atom. The molecule has 1 N–H and O–H groups in total. The summed E-state index contributed by atoms with van der Waals surface area (Å²) in [5, 5.41) is 19.7. The van der Waals surface area contributed by atoms with Crippen LogP contribution in [0.15, 0.2) is 5.16 Å². The average Bonchev–Trinajstić information content (AvgIpc) is 2.36. The van der Waals surface area contributed by atoms with Gasteiger partial charge in [-0.05, 0) is 10.4 Å². The molecule has 0 unspecified atom stereocenters. The summed E-state index contributed by atoms with van der Waals surface area (Å²) in [5.74, 6) is -0.318. The van der Waals surface area contributed by atoms with Gasteiger partial charge in [0.2, 0.25) is 5.16 Å². The molecule has 1 rings (SSSR count). The first kappa shape index (κ1) is 8.98. The summed E-state index contributed by atoms with van der Waals surface area (Å²) in [6, 6.07) is 0. The maximum absolute atomic E-state index is 10.1. The third-order valence-corrected chi connectivity index (χ3v) is 2.14. The van der Waals surface area contributed by atoms with Crippen LogP contribution in [0.25, 0.3) is 0 Å². The molecule has 1 aromatic heterocycles. The van der Waals surface area contributed by atoms with E-state index in [0.29, 0.717) is 10.9 Å². The smallest absolute Gasteiger partial charge is 0.304 e. The van der Waals surface area contributed by atoms with Gasteiger partial charge in [0.1, 0.15) is 0 Å². The van der Waals surface area contributed by atoms with Gasteiger partial charge in [0, 0.05) is 12.8 Å². The molecule has 0 saturated heterocycles. The maximum atomic E-state index is 10.1. The third kappa shape index (κ3) is 2.50. The highest BCUT2D eigenvalue weighted by molar-refractivity contribution is 7.99. The van der Waals surface area contributed by atoms with Crippen LogP contribution in [0.5, 0.6) is 0 Å². The highest BCUT2D eigenvalue weighted by atomic mass is 32.2. The number of carboxylic acids is 1. The number of tetrazole rings is 1. The molecule has 12 heavy (non-hydrogen) atoms. The number of rotatable bonds is 4. The van der Waals surface area contributed by atoms with Crippen LogP contribution in [0, 0.1) is 0 Å². The molecule has 0 aliphatic rings. The fraction of sp³-hybridized carbons (Fsp3) is 0.600. The first-order valence-corrected chi connectivity index (χ1v) is 4.25. The lowest BCUT2D eigenvalue weighted by molar-refractivity contribution is -0.136. The van der Waals surface area contributed by atoms with E-state index in [0.717, 1.165) is 0 Å². The van der Waals surface area contributed by atoms with Gasteiger partial charge in [0.15, 0.2) is 0 Å². The summed E-state index contributed by atoms with van der Waals surface area (Å²) in [7, 11) is 1.71. The highest BCUT2D eigenvalue weighted by Crippen LogP contribution is 2.12. The minimum atomic E-state index is -0.808. The molecule has 0 bridgehead atoms. The van der Waals surface area contributed by atoms with Crippen molar-refractivity contribution in [1.82, 2.24) is 20.2 Å². The van der Waals surface area contributed by atoms with Crippen LogP contribution in [0.4, 0.5) is 0 Å². The predicted molar refractivity (Wildman–Crippen MR) is 41.8 cm³/mol. The highest BCUT2D eigenvalue weighted by Gasteiger charge is 2.03. The van der Waals surface area contributed by atoms with E-state index in [4.69, 9.17) is 5.11 Å². The Morgan fingerprint density at radius 3 is 3.00 bits per heavy atom. The number of hydrogen-bond acceptors (Lipinski definition) is 5. The van der Waals surface area contributed by atoms with Crippen LogP contribution in [-0.4, -0.2) is 37.0 Å². The van der Waals surface area contributed by atoms with Crippen LogP contribution in [0.3, 0.4) is 0 Å². The molecule has 1 aromatic rings. The van der Waals surface area contributed by atoms with Crippen LogP contribution in [0.2, 0.25) is 0 Å². The first-order valence-electron chi connectivity index (χ1n) is 3.27. The number of aryl methyl sites for hydroxylation is 1. The van der Waals surface area contributed by atoms with E-state index in [2.05, 4.69) is 15.5 Å². The van der Waals surface area contributed by atoms with Crippen LogP contribution < -0.4 is 0 Å². The van der Waals surface area contributed by atoms with Crippen molar-refractivity contribution < 1.29 is 9.90 Å². The van der Waals surface area contributed by atoms with Gasteiger partial charge < -0.3 is 5.11 Å². The molecule has 1 heterocycles. The molecule has 6 nitrogen and oxygen atoms in total. The number of nitrogens with zero attached hydrogens (tertiary/aromatic N) is 4. The Balaban J connectivity index is 2.33. The minimum absolute atomic E-state index is 0.123. The van der Waals surface area contributed by atoms with Crippen molar-refractivity contribution in [3.63, 3.8) is 0 Å². The van der Waals surface area contributed by atoms with Gasteiger partial charge in [-0.3, -0.25) is 4.79 Å². The topological polar surface area (TPSA) is 80.9 Å². The van der Waals surface area contributed by atoms with Crippen LogP contribution >= 0.6 is 11.8 Å². The monoisotopic (exact) mass is 188 g/mol. The zero-order valence-corrected chi connectivity index (χ0v) is 7.28. The number of aromatic nitrogens is 4. The quantitative estimate of drug-likeness (QED) is 0.658. The predicted octanol–water partition coefficient (Wildman–Crippen LogP) is -0.223. The second kappa shape index (κ2) is 4.05. The molecule has 7 heteroatoms. The van der Waals surface area contributed by atoms with Gasteiger partial charge in [-0.15, -0.1) is 5.10 Å². The first-order chi connectivity index (χ1) is 5.70. The number of thioether (sulfide) groups is 1. The van der Waals surface area contributed by atoms with Crippen molar-refractivity contribution in [3.8, 4) is 0 Å². The molecular formula is C5H8N4O2S. The second-order valence-electron chi connectivity index (χ2n) is 2.08. The molecule has 0 aromatic carbocycles. The second-order valence-corrected chi connectivity index (χ2v) is 3.14. The van der Waals surface area contributed by atoms with Gasteiger partial charge in [0.25, 0.3) is 0 Å². The van der Waals surface area contributed by atoms with E-state index in [1.165, 1.54) is 16.4 Å². The molecule has 0 atom stereocenters. The lowest BCUT2D eigenvalue weighted by atomic mass is 10.5. The van der Waals surface area contributed by atoms with E-state index in [9.17, 15) is 4.79 Å². The Kier molecular flexibility index (Phi) is 3.03. The summed E-state index contributed by atoms with van der Waals surface area (Å²) < 4.78 is 1.51. The average molecular weight is 188 g/mol. The lowest BCUT2D eigenvalue weighted by Gasteiger charge is -1.94. The van der Waals surface area contributed by atoms with E-state index in [-0.39, 0.29) is 6.42 Å². The largest absolute Gasteiger partial charge is 0.481 e. The van der Waals surface area contributed by atoms with Gasteiger partial charge in [-0.25, -0.2) is 4.68 Å². The SMILES string of the molecule is Cn1nnnc1SCCC(=O)O.